The van der Waals surface area contributed by atoms with E-state index in [-0.39, 0.29) is 11.4 Å². The maximum absolute atomic E-state index is 13.5. The van der Waals surface area contributed by atoms with Crippen molar-refractivity contribution in [3.05, 3.63) is 40.7 Å². The molecule has 4 rings (SSSR count). The molecule has 32 heavy (non-hydrogen) atoms. The quantitative estimate of drug-likeness (QED) is 0.273. The number of hydrogen-bond donors (Lipinski definition) is 4. The van der Waals surface area contributed by atoms with Crippen LogP contribution in [0.3, 0.4) is 0 Å². The van der Waals surface area contributed by atoms with E-state index in [1.54, 1.807) is 12.1 Å². The first kappa shape index (κ1) is 22.1. The van der Waals surface area contributed by atoms with Gasteiger partial charge in [0.2, 0.25) is 0 Å². The summed E-state index contributed by atoms with van der Waals surface area (Å²) in [6.07, 6.45) is -0.234. The van der Waals surface area contributed by atoms with Crippen molar-refractivity contribution < 1.29 is 13.2 Å². The third-order valence-electron chi connectivity index (χ3n) is 5.78. The molecule has 3 aromatic rings. The molecule has 0 spiro atoms. The van der Waals surface area contributed by atoms with E-state index in [4.69, 9.17) is 11.1 Å². The molecule has 0 aliphatic heterocycles. The lowest BCUT2D eigenvalue weighted by Gasteiger charge is -2.24. The summed E-state index contributed by atoms with van der Waals surface area (Å²) in [5.74, 6) is 0.191. The standard InChI is InChI=1S/C22H26F3N7/c1-32(2)10-9-28-21(27)18-15(26)7-8-16-17(18)12-5-3-4-6-13(12)19(30-16)14-11-29-31-20(14)22(23,24)25/h7-8,11H,3-6,9-10,26H2,1-2H3,(H2,27,28)(H,29,31). The fourth-order valence-corrected chi connectivity index (χ4v) is 4.31. The Morgan fingerprint density at radius 1 is 1.22 bits per heavy atom. The van der Waals surface area contributed by atoms with Gasteiger partial charge in [0.05, 0.1) is 16.8 Å². The molecule has 2 aromatic heterocycles. The number of benzene rings is 1. The SMILES string of the molecule is CN(C)CCNC(=N)c1c(N)ccc2nc(-c3c[nH]nc3C(F)(F)F)c3c(c12)CCCC3. The van der Waals surface area contributed by atoms with Gasteiger partial charge in [-0.15, -0.1) is 0 Å². The Hall–Kier alpha value is -3.14. The van der Waals surface area contributed by atoms with E-state index in [0.29, 0.717) is 41.8 Å². The molecule has 0 atom stereocenters. The number of rotatable bonds is 5. The number of anilines is 1. The zero-order valence-corrected chi connectivity index (χ0v) is 18.0. The molecule has 2 heterocycles. The normalized spacial score (nSPS) is 14.1. The summed E-state index contributed by atoms with van der Waals surface area (Å²) in [5, 5.41) is 18.3. The van der Waals surface area contributed by atoms with Gasteiger partial charge in [0, 0.05) is 35.9 Å². The second-order valence-corrected chi connectivity index (χ2v) is 8.30. The second-order valence-electron chi connectivity index (χ2n) is 8.30. The van der Waals surface area contributed by atoms with Gasteiger partial charge < -0.3 is 16.0 Å². The van der Waals surface area contributed by atoms with E-state index in [1.807, 2.05) is 19.0 Å². The molecule has 0 bridgehead atoms. The molecule has 1 aromatic carbocycles. The van der Waals surface area contributed by atoms with Crippen molar-refractivity contribution in [2.24, 2.45) is 0 Å². The van der Waals surface area contributed by atoms with Gasteiger partial charge in [-0.3, -0.25) is 10.5 Å². The molecule has 1 aliphatic carbocycles. The highest BCUT2D eigenvalue weighted by Crippen LogP contribution is 2.41. The number of alkyl halides is 3. The maximum atomic E-state index is 13.5. The van der Waals surface area contributed by atoms with Gasteiger partial charge in [-0.2, -0.15) is 18.3 Å². The molecule has 1 aliphatic rings. The van der Waals surface area contributed by atoms with Crippen LogP contribution < -0.4 is 11.1 Å². The Morgan fingerprint density at radius 3 is 2.62 bits per heavy atom. The molecular weight excluding hydrogens is 419 g/mol. The smallest absolute Gasteiger partial charge is 0.398 e. The van der Waals surface area contributed by atoms with Gasteiger partial charge >= 0.3 is 6.18 Å². The second kappa shape index (κ2) is 8.42. The number of H-pyrrole nitrogens is 1. The fourth-order valence-electron chi connectivity index (χ4n) is 4.31. The van der Waals surface area contributed by atoms with Crippen LogP contribution in [-0.2, 0) is 19.0 Å². The Balaban J connectivity index is 1.91. The van der Waals surface area contributed by atoms with Crippen molar-refractivity contribution in [1.29, 1.82) is 5.41 Å². The number of aryl methyl sites for hydroxylation is 1. The van der Waals surface area contributed by atoms with Crippen molar-refractivity contribution in [3.8, 4) is 11.3 Å². The van der Waals surface area contributed by atoms with E-state index in [1.165, 1.54) is 6.20 Å². The summed E-state index contributed by atoms with van der Waals surface area (Å²) in [6.45, 7) is 1.31. The number of hydrogen-bond acceptors (Lipinski definition) is 5. The molecule has 0 saturated carbocycles. The number of amidine groups is 1. The minimum atomic E-state index is -4.59. The van der Waals surface area contributed by atoms with Crippen LogP contribution in [0.4, 0.5) is 18.9 Å². The summed E-state index contributed by atoms with van der Waals surface area (Å²) >= 11 is 0. The zero-order chi connectivity index (χ0) is 23.0. The highest BCUT2D eigenvalue weighted by atomic mass is 19.4. The van der Waals surface area contributed by atoms with Crippen molar-refractivity contribution in [2.75, 3.05) is 32.9 Å². The van der Waals surface area contributed by atoms with Gasteiger partial charge in [-0.05, 0) is 63.0 Å². The Kier molecular flexibility index (Phi) is 5.81. The molecule has 0 unspecified atom stereocenters. The minimum Gasteiger partial charge on any atom is -0.398 e. The van der Waals surface area contributed by atoms with Crippen LogP contribution in [0.15, 0.2) is 18.3 Å². The Labute approximate surface area is 183 Å². The molecule has 0 fully saturated rings. The van der Waals surface area contributed by atoms with Gasteiger partial charge in [-0.25, -0.2) is 4.98 Å². The molecule has 10 heteroatoms. The average Bonchev–Trinajstić information content (AvgIpc) is 3.23. The highest BCUT2D eigenvalue weighted by molar-refractivity contribution is 6.13. The van der Waals surface area contributed by atoms with Crippen LogP contribution in [0, 0.1) is 5.41 Å². The predicted molar refractivity (Wildman–Crippen MR) is 119 cm³/mol. The van der Waals surface area contributed by atoms with Crippen molar-refractivity contribution in [2.45, 2.75) is 31.9 Å². The number of nitrogens with two attached hydrogens (primary N) is 1. The van der Waals surface area contributed by atoms with Crippen LogP contribution in [0.25, 0.3) is 22.2 Å². The lowest BCUT2D eigenvalue weighted by molar-refractivity contribution is -0.140. The third kappa shape index (κ3) is 4.02. The van der Waals surface area contributed by atoms with E-state index in [2.05, 4.69) is 20.5 Å². The summed E-state index contributed by atoms with van der Waals surface area (Å²) in [4.78, 5) is 6.66. The number of nitrogen functional groups attached to an aromatic ring is 1. The zero-order valence-electron chi connectivity index (χ0n) is 18.0. The van der Waals surface area contributed by atoms with E-state index < -0.39 is 11.9 Å². The lowest BCUT2D eigenvalue weighted by Crippen LogP contribution is -2.32. The van der Waals surface area contributed by atoms with Gasteiger partial charge in [-0.1, -0.05) is 0 Å². The number of likely N-dealkylation sites (N-methyl/N-ethyl adjacent to an activating group) is 1. The van der Waals surface area contributed by atoms with E-state index in [0.717, 1.165) is 35.9 Å². The van der Waals surface area contributed by atoms with Crippen molar-refractivity contribution in [1.82, 2.24) is 25.4 Å². The highest BCUT2D eigenvalue weighted by Gasteiger charge is 2.38. The number of aromatic nitrogens is 3. The maximum Gasteiger partial charge on any atom is 0.435 e. The number of nitrogens with one attached hydrogen (secondary N) is 3. The van der Waals surface area contributed by atoms with Crippen LogP contribution in [0.5, 0.6) is 0 Å². The molecule has 0 saturated heterocycles. The summed E-state index contributed by atoms with van der Waals surface area (Å²) < 4.78 is 40.6. The minimum absolute atomic E-state index is 0.0462. The molecule has 5 N–H and O–H groups in total. The first-order valence-corrected chi connectivity index (χ1v) is 10.5. The monoisotopic (exact) mass is 445 g/mol. The lowest BCUT2D eigenvalue weighted by atomic mass is 9.84. The summed E-state index contributed by atoms with van der Waals surface area (Å²) in [6, 6.07) is 3.37. The van der Waals surface area contributed by atoms with Gasteiger partial charge in [0.15, 0.2) is 5.69 Å². The first-order chi connectivity index (χ1) is 15.2. The molecule has 0 amide bonds. The van der Waals surface area contributed by atoms with Gasteiger partial charge in [0.1, 0.15) is 5.84 Å². The number of nitrogens with zero attached hydrogens (tertiary/aromatic N) is 3. The number of fused-ring (bicyclic) bond motifs is 3. The van der Waals surface area contributed by atoms with Crippen LogP contribution in [-0.4, -0.2) is 53.1 Å². The average molecular weight is 445 g/mol. The number of halogens is 3. The predicted octanol–water partition coefficient (Wildman–Crippen LogP) is 3.58. The summed E-state index contributed by atoms with van der Waals surface area (Å²) in [5.41, 5.74) is 8.81. The molecule has 170 valence electrons. The summed E-state index contributed by atoms with van der Waals surface area (Å²) in [7, 11) is 3.90. The largest absolute Gasteiger partial charge is 0.435 e. The molecular formula is C22H26F3N7. The number of pyridine rings is 1. The first-order valence-electron chi connectivity index (χ1n) is 10.5. The van der Waals surface area contributed by atoms with Crippen LogP contribution in [0.1, 0.15) is 35.2 Å². The van der Waals surface area contributed by atoms with Gasteiger partial charge in [0.25, 0.3) is 0 Å². The van der Waals surface area contributed by atoms with Crippen LogP contribution >= 0.6 is 0 Å². The third-order valence-corrected chi connectivity index (χ3v) is 5.78. The Morgan fingerprint density at radius 2 is 1.94 bits per heavy atom. The molecule has 7 nitrogen and oxygen atoms in total. The molecule has 0 radical (unpaired) electrons. The number of aromatic amines is 1. The van der Waals surface area contributed by atoms with Crippen molar-refractivity contribution >= 4 is 22.4 Å². The van der Waals surface area contributed by atoms with E-state index in [9.17, 15) is 13.2 Å². The van der Waals surface area contributed by atoms with Crippen molar-refractivity contribution in [3.63, 3.8) is 0 Å². The fraction of sp³-hybridized carbons (Fsp3) is 0.409. The van der Waals surface area contributed by atoms with E-state index >= 15 is 0 Å². The van der Waals surface area contributed by atoms with Crippen LogP contribution in [0.2, 0.25) is 0 Å². The topological polar surface area (TPSA) is 107 Å². The Bertz CT molecular complexity index is 1160.